The molecule has 0 radical (unpaired) electrons. The van der Waals surface area contributed by atoms with Crippen molar-refractivity contribution in [3.8, 4) is 0 Å². The number of carbonyl (C=O) groups excluding carboxylic acids is 1. The van der Waals surface area contributed by atoms with E-state index in [-0.39, 0.29) is 5.91 Å². The van der Waals surface area contributed by atoms with Gasteiger partial charge in [-0.25, -0.2) is 0 Å². The van der Waals surface area contributed by atoms with Gasteiger partial charge in [0.05, 0.1) is 24.1 Å². The van der Waals surface area contributed by atoms with E-state index in [1.807, 2.05) is 24.0 Å². The number of rotatable bonds is 5. The van der Waals surface area contributed by atoms with E-state index in [1.165, 1.54) is 0 Å². The fourth-order valence-electron chi connectivity index (χ4n) is 1.41. The molecule has 0 aliphatic heterocycles. The molecule has 1 rings (SSSR count). The van der Waals surface area contributed by atoms with Gasteiger partial charge in [-0.2, -0.15) is 0 Å². The number of aromatic nitrogens is 1. The zero-order chi connectivity index (χ0) is 12.8. The van der Waals surface area contributed by atoms with E-state index >= 15 is 0 Å². The Morgan fingerprint density at radius 3 is 2.53 bits per heavy atom. The molecule has 5 nitrogen and oxygen atoms in total. The van der Waals surface area contributed by atoms with Crippen LogP contribution in [0, 0.1) is 0 Å². The zero-order valence-electron chi connectivity index (χ0n) is 10.7. The van der Waals surface area contributed by atoms with Crippen molar-refractivity contribution in [2.75, 3.05) is 32.1 Å². The van der Waals surface area contributed by atoms with Gasteiger partial charge in [-0.1, -0.05) is 0 Å². The molecular formula is C12H20N4O. The van der Waals surface area contributed by atoms with Crippen LogP contribution in [0.1, 0.15) is 12.6 Å². The van der Waals surface area contributed by atoms with Crippen molar-refractivity contribution in [2.24, 2.45) is 5.73 Å². The van der Waals surface area contributed by atoms with E-state index in [2.05, 4.69) is 4.98 Å². The number of nitrogens with two attached hydrogens (primary N) is 1. The highest BCUT2D eigenvalue weighted by Gasteiger charge is 2.11. The van der Waals surface area contributed by atoms with E-state index in [9.17, 15) is 4.79 Å². The third-order valence-corrected chi connectivity index (χ3v) is 2.59. The molecule has 0 unspecified atom stereocenters. The fraction of sp³-hybridized carbons (Fsp3) is 0.500. The normalized spacial score (nSPS) is 10.1. The number of carbonyl (C=O) groups is 1. The first kappa shape index (κ1) is 13.4. The molecule has 2 N–H and O–H groups in total. The molecule has 1 heterocycles. The van der Waals surface area contributed by atoms with Crippen LogP contribution in [0.2, 0.25) is 0 Å². The minimum atomic E-state index is 0.0785. The maximum absolute atomic E-state index is 11.7. The van der Waals surface area contributed by atoms with Gasteiger partial charge in [-0.15, -0.1) is 0 Å². The highest BCUT2D eigenvalue weighted by molar-refractivity contribution is 5.80. The lowest BCUT2D eigenvalue weighted by Gasteiger charge is -2.23. The summed E-state index contributed by atoms with van der Waals surface area (Å²) in [5.74, 6) is 0.0785. The van der Waals surface area contributed by atoms with Crippen LogP contribution < -0.4 is 10.6 Å². The first-order chi connectivity index (χ1) is 8.08. The lowest BCUT2D eigenvalue weighted by atomic mass is 10.3. The molecule has 0 saturated heterocycles. The highest BCUT2D eigenvalue weighted by atomic mass is 16.2. The van der Waals surface area contributed by atoms with Gasteiger partial charge >= 0.3 is 0 Å². The van der Waals surface area contributed by atoms with Gasteiger partial charge in [0.15, 0.2) is 0 Å². The number of nitrogens with zero attached hydrogens (tertiary/aromatic N) is 3. The van der Waals surface area contributed by atoms with E-state index in [0.717, 1.165) is 17.9 Å². The summed E-state index contributed by atoms with van der Waals surface area (Å²) >= 11 is 0. The summed E-state index contributed by atoms with van der Waals surface area (Å²) in [6.45, 7) is 3.58. The fourth-order valence-corrected chi connectivity index (χ4v) is 1.41. The van der Waals surface area contributed by atoms with Crippen LogP contribution in [-0.2, 0) is 11.3 Å². The van der Waals surface area contributed by atoms with E-state index in [0.29, 0.717) is 13.1 Å². The van der Waals surface area contributed by atoms with Crippen molar-refractivity contribution in [1.82, 2.24) is 9.88 Å². The van der Waals surface area contributed by atoms with Crippen LogP contribution in [-0.4, -0.2) is 43.0 Å². The van der Waals surface area contributed by atoms with E-state index < -0.39 is 0 Å². The molecule has 94 valence electrons. The monoisotopic (exact) mass is 236 g/mol. The second-order valence-corrected chi connectivity index (χ2v) is 4.01. The van der Waals surface area contributed by atoms with Crippen molar-refractivity contribution in [3.63, 3.8) is 0 Å². The number of hydrogen-bond donors (Lipinski definition) is 1. The standard InChI is InChI=1S/C12H20N4O/c1-4-16(9-12(17)15(2)3)11-6-5-10(7-13)14-8-11/h5-6,8H,4,7,9,13H2,1-3H3. The molecule has 0 aliphatic rings. The average Bonchev–Trinajstić information content (AvgIpc) is 2.35. The molecule has 0 aliphatic carbocycles. The maximum Gasteiger partial charge on any atom is 0.241 e. The second kappa shape index (κ2) is 6.20. The number of pyridine rings is 1. The molecule has 0 saturated carbocycles. The summed E-state index contributed by atoms with van der Waals surface area (Å²) < 4.78 is 0. The number of amides is 1. The second-order valence-electron chi connectivity index (χ2n) is 4.01. The first-order valence-corrected chi connectivity index (χ1v) is 5.68. The zero-order valence-corrected chi connectivity index (χ0v) is 10.7. The molecule has 1 aromatic rings. The third-order valence-electron chi connectivity index (χ3n) is 2.59. The maximum atomic E-state index is 11.7. The smallest absolute Gasteiger partial charge is 0.241 e. The predicted octanol–water partition coefficient (Wildman–Crippen LogP) is 0.455. The van der Waals surface area contributed by atoms with Gasteiger partial charge in [0.1, 0.15) is 0 Å². The molecule has 1 aromatic heterocycles. The molecule has 0 fully saturated rings. The van der Waals surface area contributed by atoms with Gasteiger partial charge in [0.25, 0.3) is 0 Å². The van der Waals surface area contributed by atoms with Crippen LogP contribution in [0.5, 0.6) is 0 Å². The number of likely N-dealkylation sites (N-methyl/N-ethyl adjacent to an activating group) is 2. The summed E-state index contributed by atoms with van der Waals surface area (Å²) in [5.41, 5.74) is 7.29. The highest BCUT2D eigenvalue weighted by Crippen LogP contribution is 2.12. The predicted molar refractivity (Wildman–Crippen MR) is 68.7 cm³/mol. The summed E-state index contributed by atoms with van der Waals surface area (Å²) in [7, 11) is 3.51. The Morgan fingerprint density at radius 1 is 1.41 bits per heavy atom. The molecule has 0 bridgehead atoms. The van der Waals surface area contributed by atoms with Crippen LogP contribution in [0.3, 0.4) is 0 Å². The average molecular weight is 236 g/mol. The minimum Gasteiger partial charge on any atom is -0.361 e. The van der Waals surface area contributed by atoms with Gasteiger partial charge in [-0.05, 0) is 19.1 Å². The topological polar surface area (TPSA) is 62.5 Å². The Morgan fingerprint density at radius 2 is 2.12 bits per heavy atom. The van der Waals surface area contributed by atoms with E-state index in [1.54, 1.807) is 25.2 Å². The van der Waals surface area contributed by atoms with Gasteiger partial charge in [0, 0.05) is 27.2 Å². The van der Waals surface area contributed by atoms with Crippen LogP contribution in [0.15, 0.2) is 18.3 Å². The molecule has 5 heteroatoms. The molecule has 17 heavy (non-hydrogen) atoms. The van der Waals surface area contributed by atoms with Crippen molar-refractivity contribution in [1.29, 1.82) is 0 Å². The van der Waals surface area contributed by atoms with Gasteiger partial charge in [0.2, 0.25) is 5.91 Å². The summed E-state index contributed by atoms with van der Waals surface area (Å²) in [4.78, 5) is 19.4. The van der Waals surface area contributed by atoms with Gasteiger partial charge < -0.3 is 15.5 Å². The van der Waals surface area contributed by atoms with Crippen molar-refractivity contribution in [2.45, 2.75) is 13.5 Å². The number of anilines is 1. The Labute approximate surface area is 102 Å². The Balaban J connectivity index is 2.75. The minimum absolute atomic E-state index is 0.0785. The molecule has 1 amide bonds. The Hall–Kier alpha value is -1.62. The first-order valence-electron chi connectivity index (χ1n) is 5.68. The van der Waals surface area contributed by atoms with E-state index in [4.69, 9.17) is 5.73 Å². The molecular weight excluding hydrogens is 216 g/mol. The quantitative estimate of drug-likeness (QED) is 0.806. The van der Waals surface area contributed by atoms with Crippen LogP contribution in [0.25, 0.3) is 0 Å². The lowest BCUT2D eigenvalue weighted by Crippen LogP contribution is -2.36. The SMILES string of the molecule is CCN(CC(=O)N(C)C)c1ccc(CN)nc1. The third kappa shape index (κ3) is 3.71. The van der Waals surface area contributed by atoms with Gasteiger partial charge in [-0.3, -0.25) is 9.78 Å². The summed E-state index contributed by atoms with van der Waals surface area (Å²) in [6, 6.07) is 3.83. The largest absolute Gasteiger partial charge is 0.361 e. The number of hydrogen-bond acceptors (Lipinski definition) is 4. The van der Waals surface area contributed by atoms with Crippen molar-refractivity contribution in [3.05, 3.63) is 24.0 Å². The Bertz CT molecular complexity index is 361. The summed E-state index contributed by atoms with van der Waals surface area (Å²) in [6.07, 6.45) is 1.76. The molecule has 0 atom stereocenters. The molecule has 0 aromatic carbocycles. The summed E-state index contributed by atoms with van der Waals surface area (Å²) in [5, 5.41) is 0. The Kier molecular flexibility index (Phi) is 4.90. The lowest BCUT2D eigenvalue weighted by molar-refractivity contribution is -0.127. The molecule has 0 spiro atoms. The van der Waals surface area contributed by atoms with Crippen LogP contribution >= 0.6 is 0 Å². The van der Waals surface area contributed by atoms with Crippen molar-refractivity contribution < 1.29 is 4.79 Å². The van der Waals surface area contributed by atoms with Crippen LogP contribution in [0.4, 0.5) is 5.69 Å². The van der Waals surface area contributed by atoms with Crippen molar-refractivity contribution >= 4 is 11.6 Å².